The lowest BCUT2D eigenvalue weighted by atomic mass is 10.0. The van der Waals surface area contributed by atoms with Gasteiger partial charge in [-0.2, -0.15) is 0 Å². The molecule has 43 heavy (non-hydrogen) atoms. The van der Waals surface area contributed by atoms with Crippen LogP contribution in [0.1, 0.15) is 44.2 Å². The molecule has 0 spiro atoms. The molecule has 1 aliphatic rings. The highest BCUT2D eigenvalue weighted by atomic mass is 79.9. The minimum atomic E-state index is -3.65. The molecule has 230 valence electrons. The number of rotatable bonds is 14. The van der Waals surface area contributed by atoms with Crippen molar-refractivity contribution in [1.29, 1.82) is 0 Å². The van der Waals surface area contributed by atoms with Crippen molar-refractivity contribution in [3.63, 3.8) is 0 Å². The van der Waals surface area contributed by atoms with Gasteiger partial charge in [0.05, 0.1) is 11.9 Å². The molecule has 1 aliphatic heterocycles. The molecule has 11 heteroatoms. The second-order valence-corrected chi connectivity index (χ2v) is 13.5. The van der Waals surface area contributed by atoms with Crippen LogP contribution in [0.5, 0.6) is 11.5 Å². The van der Waals surface area contributed by atoms with Crippen LogP contribution in [0.15, 0.2) is 77.3 Å². The van der Waals surface area contributed by atoms with Gasteiger partial charge in [0.25, 0.3) is 0 Å². The van der Waals surface area contributed by atoms with Crippen LogP contribution in [0.25, 0.3) is 0 Å². The Morgan fingerprint density at radius 2 is 1.70 bits per heavy atom. The number of sulfonamides is 1. The number of ether oxygens (including phenoxy) is 2. The van der Waals surface area contributed by atoms with Crippen molar-refractivity contribution in [2.24, 2.45) is 0 Å². The molecule has 0 fully saturated rings. The van der Waals surface area contributed by atoms with Crippen LogP contribution >= 0.6 is 15.9 Å². The Morgan fingerprint density at radius 1 is 0.977 bits per heavy atom. The first-order valence-electron chi connectivity index (χ1n) is 14.3. The monoisotopic (exact) mass is 671 g/mol. The number of nitrogens with one attached hydrogen (secondary N) is 1. The van der Waals surface area contributed by atoms with Crippen molar-refractivity contribution in [2.45, 2.75) is 58.2 Å². The third-order valence-corrected chi connectivity index (χ3v) is 9.00. The van der Waals surface area contributed by atoms with E-state index < -0.39 is 16.1 Å². The number of hydrogen-bond donors (Lipinski definition) is 1. The maximum atomic E-state index is 14.0. The fourth-order valence-electron chi connectivity index (χ4n) is 4.87. The molecule has 0 aliphatic carbocycles. The summed E-state index contributed by atoms with van der Waals surface area (Å²) in [6.45, 7) is 4.32. The molecule has 2 amide bonds. The highest BCUT2D eigenvalue weighted by molar-refractivity contribution is 9.10. The first-order chi connectivity index (χ1) is 20.5. The van der Waals surface area contributed by atoms with E-state index >= 15 is 0 Å². The number of hydrogen-bond acceptors (Lipinski definition) is 6. The molecule has 0 saturated heterocycles. The molecule has 4 rings (SSSR count). The summed E-state index contributed by atoms with van der Waals surface area (Å²) in [5.41, 5.74) is 2.24. The zero-order chi connectivity index (χ0) is 31.0. The number of fused-ring (bicyclic) bond motifs is 1. The fourth-order valence-corrected chi connectivity index (χ4v) is 6.28. The Labute approximate surface area is 262 Å². The molecule has 2 atom stereocenters. The summed E-state index contributed by atoms with van der Waals surface area (Å²) in [5, 5.41) is 3.07. The van der Waals surface area contributed by atoms with E-state index in [1.807, 2.05) is 68.4 Å². The first-order valence-corrected chi connectivity index (χ1v) is 16.9. The van der Waals surface area contributed by atoms with E-state index in [4.69, 9.17) is 9.47 Å². The van der Waals surface area contributed by atoms with Crippen molar-refractivity contribution >= 4 is 43.5 Å². The van der Waals surface area contributed by atoms with Crippen molar-refractivity contribution in [3.05, 3.63) is 88.4 Å². The molecule has 0 radical (unpaired) electrons. The van der Waals surface area contributed by atoms with Gasteiger partial charge in [-0.25, -0.2) is 8.42 Å². The van der Waals surface area contributed by atoms with Crippen LogP contribution in [-0.4, -0.2) is 56.8 Å². The van der Waals surface area contributed by atoms with Gasteiger partial charge in [0.1, 0.15) is 6.04 Å². The molecular formula is C32H38BrN3O6S. The largest absolute Gasteiger partial charge is 0.454 e. The van der Waals surface area contributed by atoms with Crippen molar-refractivity contribution in [1.82, 2.24) is 10.2 Å². The average Bonchev–Trinajstić information content (AvgIpc) is 3.45. The first kappa shape index (κ1) is 32.3. The van der Waals surface area contributed by atoms with E-state index in [-0.39, 0.29) is 50.6 Å². The van der Waals surface area contributed by atoms with Crippen LogP contribution in [-0.2, 0) is 32.6 Å². The molecule has 3 aromatic rings. The third-order valence-electron chi connectivity index (χ3n) is 7.31. The maximum Gasteiger partial charge on any atom is 0.243 e. The topological polar surface area (TPSA) is 105 Å². The van der Waals surface area contributed by atoms with Gasteiger partial charge in [-0.15, -0.1) is 0 Å². The Morgan fingerprint density at radius 3 is 2.40 bits per heavy atom. The summed E-state index contributed by atoms with van der Waals surface area (Å²) in [7, 11) is -3.65. The van der Waals surface area contributed by atoms with Crippen LogP contribution in [0.2, 0.25) is 0 Å². The van der Waals surface area contributed by atoms with Gasteiger partial charge in [0.15, 0.2) is 11.5 Å². The maximum absolute atomic E-state index is 14.0. The Hall–Kier alpha value is -3.57. The van der Waals surface area contributed by atoms with Gasteiger partial charge in [-0.3, -0.25) is 13.9 Å². The summed E-state index contributed by atoms with van der Waals surface area (Å²) in [6.07, 6.45) is 2.53. The standard InChI is InChI=1S/C32H38BrN3O6S/c1-4-23(2)34-32(38)28(19-24-10-6-5-7-11-24)35(21-25-12-8-13-26(33)18-25)31(37)14-9-17-36(43(3,39)40)27-15-16-29-30(20-27)42-22-41-29/h5-8,10-13,15-16,18,20,23,28H,4,9,14,17,19,21-22H2,1-3H3,(H,34,38)/t23-,28-/m0/s1. The Balaban J connectivity index is 1.58. The van der Waals surface area contributed by atoms with Crippen molar-refractivity contribution in [3.8, 4) is 11.5 Å². The summed E-state index contributed by atoms with van der Waals surface area (Å²) in [6, 6.07) is 21.4. The normalized spacial score (nSPS) is 13.7. The SMILES string of the molecule is CC[C@H](C)NC(=O)[C@H](Cc1ccccc1)N(Cc1cccc(Br)c1)C(=O)CCCN(c1ccc2c(c1)OCO2)S(C)(=O)=O. The molecule has 0 aromatic heterocycles. The summed E-state index contributed by atoms with van der Waals surface area (Å²) in [4.78, 5) is 29.3. The van der Waals surface area contributed by atoms with Gasteiger partial charge in [0, 0.05) is 42.5 Å². The van der Waals surface area contributed by atoms with Crippen LogP contribution in [0, 0.1) is 0 Å². The number of halogens is 1. The number of amides is 2. The van der Waals surface area contributed by atoms with E-state index in [0.29, 0.717) is 23.6 Å². The summed E-state index contributed by atoms with van der Waals surface area (Å²) in [5.74, 6) is 0.563. The van der Waals surface area contributed by atoms with Crippen molar-refractivity contribution in [2.75, 3.05) is 23.9 Å². The molecule has 9 nitrogen and oxygen atoms in total. The highest BCUT2D eigenvalue weighted by Gasteiger charge is 2.31. The van der Waals surface area contributed by atoms with Crippen LogP contribution in [0.4, 0.5) is 5.69 Å². The number of carbonyl (C=O) groups is 2. The average molecular weight is 673 g/mol. The number of carbonyl (C=O) groups excluding carboxylic acids is 2. The molecule has 0 saturated carbocycles. The van der Waals surface area contributed by atoms with Gasteiger partial charge >= 0.3 is 0 Å². The van der Waals surface area contributed by atoms with E-state index in [9.17, 15) is 18.0 Å². The predicted molar refractivity (Wildman–Crippen MR) is 171 cm³/mol. The third kappa shape index (κ3) is 8.96. The second kappa shape index (κ2) is 14.7. The zero-order valence-corrected chi connectivity index (χ0v) is 27.1. The quantitative estimate of drug-likeness (QED) is 0.250. The molecule has 1 heterocycles. The lowest BCUT2D eigenvalue weighted by Gasteiger charge is -2.32. The predicted octanol–water partition coefficient (Wildman–Crippen LogP) is 5.28. The molecule has 3 aromatic carbocycles. The molecule has 1 N–H and O–H groups in total. The molecule has 0 bridgehead atoms. The van der Waals surface area contributed by atoms with E-state index in [0.717, 1.165) is 28.3 Å². The lowest BCUT2D eigenvalue weighted by Crippen LogP contribution is -2.52. The molecule has 0 unspecified atom stereocenters. The highest BCUT2D eigenvalue weighted by Crippen LogP contribution is 2.36. The van der Waals surface area contributed by atoms with Gasteiger partial charge in [-0.05, 0) is 55.2 Å². The Kier molecular flexibility index (Phi) is 11.1. The van der Waals surface area contributed by atoms with Gasteiger partial charge in [-0.1, -0.05) is 65.3 Å². The number of nitrogens with zero attached hydrogens (tertiary/aromatic N) is 2. The van der Waals surface area contributed by atoms with Crippen LogP contribution in [0.3, 0.4) is 0 Å². The summed E-state index contributed by atoms with van der Waals surface area (Å²) < 4.78 is 38.4. The smallest absolute Gasteiger partial charge is 0.243 e. The zero-order valence-electron chi connectivity index (χ0n) is 24.7. The van der Waals surface area contributed by atoms with E-state index in [2.05, 4.69) is 21.2 Å². The van der Waals surface area contributed by atoms with Crippen molar-refractivity contribution < 1.29 is 27.5 Å². The number of anilines is 1. The van der Waals surface area contributed by atoms with E-state index in [1.54, 1.807) is 23.1 Å². The fraction of sp³-hybridized carbons (Fsp3) is 0.375. The van der Waals surface area contributed by atoms with Crippen LogP contribution < -0.4 is 19.1 Å². The van der Waals surface area contributed by atoms with Gasteiger partial charge < -0.3 is 19.7 Å². The second-order valence-electron chi connectivity index (χ2n) is 10.7. The summed E-state index contributed by atoms with van der Waals surface area (Å²) >= 11 is 3.51. The van der Waals surface area contributed by atoms with Gasteiger partial charge in [0.2, 0.25) is 28.6 Å². The Bertz CT molecular complexity index is 1520. The molecular weight excluding hydrogens is 634 g/mol. The minimum Gasteiger partial charge on any atom is -0.454 e. The van der Waals surface area contributed by atoms with E-state index in [1.165, 1.54) is 4.31 Å². The number of benzene rings is 3. The minimum absolute atomic E-state index is 0.0481. The lowest BCUT2D eigenvalue weighted by molar-refractivity contribution is -0.141.